The van der Waals surface area contributed by atoms with Crippen molar-refractivity contribution in [2.24, 2.45) is 0 Å². The van der Waals surface area contributed by atoms with Crippen LogP contribution in [0.1, 0.15) is 310 Å². The second-order valence-electron chi connectivity index (χ2n) is 27.2. The van der Waals surface area contributed by atoms with Gasteiger partial charge >= 0.3 is 39.5 Å². The summed E-state index contributed by atoms with van der Waals surface area (Å²) < 4.78 is 68.8. The van der Waals surface area contributed by atoms with Crippen LogP contribution in [0.4, 0.5) is 0 Å². The van der Waals surface area contributed by atoms with E-state index < -0.39 is 97.5 Å². The number of aliphatic hydroxyl groups is 1. The molecule has 624 valence electrons. The Hall–Kier alpha value is -5.84. The molecule has 110 heavy (non-hydrogen) atoms. The van der Waals surface area contributed by atoms with E-state index in [4.69, 9.17) is 37.0 Å². The largest absolute Gasteiger partial charge is 0.472 e. The molecule has 0 radical (unpaired) electrons. The van der Waals surface area contributed by atoms with Gasteiger partial charge in [0.15, 0.2) is 12.2 Å². The standard InChI is InChI=1S/C91H148O17P2/c1-5-9-13-17-21-25-29-33-37-40-42-45-48-51-55-59-63-67-71-75-88(93)101-81-86(107-90(95)77-73-69-65-61-57-53-47-36-32-28-24-20-16-12-8-4)83-105-109(97,98)103-79-85(92)80-104-110(99,100)106-84-87(108-91(96)78-74-70-66-62-58-54-50-44-39-35-31-27-23-19-15-11-7-3)82-102-89(94)76-72-68-64-60-56-52-49-46-43-41-38-34-30-26-22-18-14-10-6-2/h9-16,21-28,33-39,42-43,45-47,51,55,85-87,92H,5-8,17-20,29-32,40-41,44,48-50,52-54,56-84H2,1-4H3,(H,97,98)(H,99,100)/b13-9-,14-10-,15-11-,16-12-,25-21-,26-22-,27-23-,28-24-,37-33-,38-34-,39-35-,45-42-,46-43-,47-36-,55-51-. The van der Waals surface area contributed by atoms with Gasteiger partial charge in [-0.1, -0.05) is 293 Å². The van der Waals surface area contributed by atoms with Gasteiger partial charge in [-0.25, -0.2) is 9.13 Å². The summed E-state index contributed by atoms with van der Waals surface area (Å²) in [5.41, 5.74) is 0. The molecule has 0 fully saturated rings. The van der Waals surface area contributed by atoms with Gasteiger partial charge in [0.1, 0.15) is 19.3 Å². The first-order chi connectivity index (χ1) is 53.7. The SMILES string of the molecule is CC/C=C\C/C=C\C/C=C\C/C=C\C/C=C\CCCCCC(=O)OCC(COP(=O)(O)OCC(O)COP(=O)(O)OCC(COC(=O)CCCCCCCC/C=C\C/C=C\C/C=C\C/C=C\CC)OC(=O)CCCCCCCCC/C=C\C/C=C\C/C=C\CC)OC(=O)CCCCCCC/C=C\C/C=C\C/C=C\CC. The average molecular weight is 1580 g/mol. The van der Waals surface area contributed by atoms with Crippen LogP contribution >= 0.6 is 15.6 Å². The van der Waals surface area contributed by atoms with E-state index in [-0.39, 0.29) is 25.7 Å². The predicted octanol–water partition coefficient (Wildman–Crippen LogP) is 25.1. The normalized spacial score (nSPS) is 14.7. The second kappa shape index (κ2) is 81.2. The number of hydrogen-bond donors (Lipinski definition) is 3. The first-order valence-electron chi connectivity index (χ1n) is 42.0. The van der Waals surface area contributed by atoms with Gasteiger partial charge in [-0.3, -0.25) is 37.3 Å². The maximum Gasteiger partial charge on any atom is 0.472 e. The summed E-state index contributed by atoms with van der Waals surface area (Å²) in [5.74, 6) is -2.26. The van der Waals surface area contributed by atoms with Crippen molar-refractivity contribution in [1.29, 1.82) is 0 Å². The van der Waals surface area contributed by atoms with Gasteiger partial charge in [0, 0.05) is 25.7 Å². The molecule has 0 aliphatic carbocycles. The summed E-state index contributed by atoms with van der Waals surface area (Å²) in [5, 5.41) is 10.7. The van der Waals surface area contributed by atoms with E-state index in [9.17, 15) is 43.2 Å². The third kappa shape index (κ3) is 80.2. The van der Waals surface area contributed by atoms with Crippen molar-refractivity contribution in [3.63, 3.8) is 0 Å². The lowest BCUT2D eigenvalue weighted by Crippen LogP contribution is -2.30. The quantitative estimate of drug-likeness (QED) is 0.0169. The van der Waals surface area contributed by atoms with Crippen LogP contribution < -0.4 is 0 Å². The molecule has 0 aliphatic heterocycles. The number of unbranched alkanes of at least 4 members (excludes halogenated alkanes) is 21. The van der Waals surface area contributed by atoms with Crippen molar-refractivity contribution in [2.45, 2.75) is 329 Å². The van der Waals surface area contributed by atoms with Crippen molar-refractivity contribution >= 4 is 39.5 Å². The zero-order valence-corrected chi connectivity index (χ0v) is 70.1. The highest BCUT2D eigenvalue weighted by Crippen LogP contribution is 2.45. The molecule has 0 saturated heterocycles. The van der Waals surface area contributed by atoms with E-state index in [2.05, 4.69) is 210 Å². The van der Waals surface area contributed by atoms with Crippen LogP contribution in [0.5, 0.6) is 0 Å². The molecular formula is C91H148O17P2. The van der Waals surface area contributed by atoms with Gasteiger partial charge < -0.3 is 33.8 Å². The maximum atomic E-state index is 13.1. The van der Waals surface area contributed by atoms with E-state index >= 15 is 0 Å². The van der Waals surface area contributed by atoms with Crippen molar-refractivity contribution < 1.29 is 80.2 Å². The van der Waals surface area contributed by atoms with E-state index in [1.54, 1.807) is 0 Å². The minimum absolute atomic E-state index is 0.0611. The molecule has 0 aromatic rings. The number of carbonyl (C=O) groups excluding carboxylic acids is 4. The monoisotopic (exact) mass is 1580 g/mol. The number of aliphatic hydroxyl groups excluding tert-OH is 1. The van der Waals surface area contributed by atoms with Gasteiger partial charge in [0.2, 0.25) is 0 Å². The average Bonchev–Trinajstić information content (AvgIpc) is 0.899. The summed E-state index contributed by atoms with van der Waals surface area (Å²) in [6, 6.07) is 0. The van der Waals surface area contributed by atoms with Crippen molar-refractivity contribution in [2.75, 3.05) is 39.6 Å². The van der Waals surface area contributed by atoms with Crippen molar-refractivity contribution in [3.8, 4) is 0 Å². The van der Waals surface area contributed by atoms with Crippen LogP contribution in [0.25, 0.3) is 0 Å². The highest BCUT2D eigenvalue weighted by molar-refractivity contribution is 7.47. The molecule has 0 aliphatic rings. The van der Waals surface area contributed by atoms with Gasteiger partial charge in [-0.05, 0) is 173 Å². The minimum atomic E-state index is -5.00. The van der Waals surface area contributed by atoms with E-state index in [0.717, 1.165) is 231 Å². The van der Waals surface area contributed by atoms with Gasteiger partial charge in [-0.2, -0.15) is 0 Å². The van der Waals surface area contributed by atoms with Gasteiger partial charge in [0.05, 0.1) is 26.4 Å². The molecule has 0 bridgehead atoms. The molecule has 5 atom stereocenters. The third-order valence-corrected chi connectivity index (χ3v) is 18.8. The Kier molecular flexibility index (Phi) is 76.9. The van der Waals surface area contributed by atoms with Crippen LogP contribution in [0.2, 0.25) is 0 Å². The number of esters is 4. The lowest BCUT2D eigenvalue weighted by atomic mass is 10.1. The summed E-state index contributed by atoms with van der Waals surface area (Å²) >= 11 is 0. The number of allylic oxidation sites excluding steroid dienone is 30. The van der Waals surface area contributed by atoms with E-state index in [1.807, 2.05) is 0 Å². The molecule has 5 unspecified atom stereocenters. The number of hydrogen-bond acceptors (Lipinski definition) is 15. The first-order valence-corrected chi connectivity index (χ1v) is 45.0. The number of phosphoric acid groups is 2. The smallest absolute Gasteiger partial charge is 0.462 e. The fraction of sp³-hybridized carbons (Fsp3) is 0.626. The van der Waals surface area contributed by atoms with Crippen LogP contribution in [0.3, 0.4) is 0 Å². The van der Waals surface area contributed by atoms with E-state index in [1.165, 1.54) is 0 Å². The Morgan fingerprint density at radius 1 is 0.255 bits per heavy atom. The number of rotatable bonds is 77. The zero-order valence-electron chi connectivity index (χ0n) is 68.4. The molecular weight excluding hydrogens is 1430 g/mol. The fourth-order valence-electron chi connectivity index (χ4n) is 10.6. The third-order valence-electron chi connectivity index (χ3n) is 16.9. The Balaban J connectivity index is 5.45. The van der Waals surface area contributed by atoms with Gasteiger partial charge in [-0.15, -0.1) is 0 Å². The Bertz CT molecular complexity index is 2800. The van der Waals surface area contributed by atoms with Crippen LogP contribution in [0, 0.1) is 0 Å². The minimum Gasteiger partial charge on any atom is -0.462 e. The summed E-state index contributed by atoms with van der Waals surface area (Å²) in [6.45, 7) is 4.35. The molecule has 19 heteroatoms. The molecule has 0 rings (SSSR count). The Morgan fingerprint density at radius 2 is 0.445 bits per heavy atom. The number of phosphoric ester groups is 2. The number of carbonyl (C=O) groups is 4. The van der Waals surface area contributed by atoms with Crippen LogP contribution in [0.15, 0.2) is 182 Å². The maximum absolute atomic E-state index is 13.1. The molecule has 0 spiro atoms. The van der Waals surface area contributed by atoms with Crippen molar-refractivity contribution in [3.05, 3.63) is 182 Å². The van der Waals surface area contributed by atoms with Gasteiger partial charge in [0.25, 0.3) is 0 Å². The lowest BCUT2D eigenvalue weighted by molar-refractivity contribution is -0.161. The predicted molar refractivity (Wildman–Crippen MR) is 454 cm³/mol. The van der Waals surface area contributed by atoms with E-state index in [0.29, 0.717) is 25.7 Å². The fourth-order valence-corrected chi connectivity index (χ4v) is 12.2. The Morgan fingerprint density at radius 3 is 0.691 bits per heavy atom. The van der Waals surface area contributed by atoms with Crippen molar-refractivity contribution in [1.82, 2.24) is 0 Å². The summed E-state index contributed by atoms with van der Waals surface area (Å²) in [6.07, 6.45) is 98.5. The second-order valence-corrected chi connectivity index (χ2v) is 30.1. The molecule has 17 nitrogen and oxygen atoms in total. The highest BCUT2D eigenvalue weighted by Gasteiger charge is 2.30. The molecule has 0 amide bonds. The molecule has 0 aromatic carbocycles. The topological polar surface area (TPSA) is 237 Å². The first kappa shape index (κ1) is 104. The molecule has 0 aromatic heterocycles. The van der Waals surface area contributed by atoms with Crippen LogP contribution in [-0.2, 0) is 65.4 Å². The summed E-state index contributed by atoms with van der Waals surface area (Å²) in [4.78, 5) is 73.3. The number of ether oxygens (including phenoxy) is 4. The van der Waals surface area contributed by atoms with Crippen LogP contribution in [-0.4, -0.2) is 96.7 Å². The highest BCUT2D eigenvalue weighted by atomic mass is 31.2. The Labute approximate surface area is 666 Å². The summed E-state index contributed by atoms with van der Waals surface area (Å²) in [7, 11) is -10.0. The zero-order chi connectivity index (χ0) is 80.3. The lowest BCUT2D eigenvalue weighted by Gasteiger charge is -2.21. The molecule has 0 heterocycles. The molecule has 0 saturated carbocycles. The molecule has 3 N–H and O–H groups in total.